The molecule has 35 heavy (non-hydrogen) atoms. The van der Waals surface area contributed by atoms with Crippen molar-refractivity contribution in [2.75, 3.05) is 0 Å². The second kappa shape index (κ2) is 7.58. The van der Waals surface area contributed by atoms with Gasteiger partial charge in [-0.2, -0.15) is 0 Å². The fraction of sp³-hybridized carbons (Fsp3) is 0.0909. The summed E-state index contributed by atoms with van der Waals surface area (Å²) in [4.78, 5) is 2.79. The van der Waals surface area contributed by atoms with E-state index in [0.29, 0.717) is 0 Å². The van der Waals surface area contributed by atoms with Gasteiger partial charge >= 0.3 is 0 Å². The summed E-state index contributed by atoms with van der Waals surface area (Å²) >= 11 is 1.92. The summed E-state index contributed by atoms with van der Waals surface area (Å²) in [5.74, 6) is 0. The Morgan fingerprint density at radius 1 is 0.514 bits per heavy atom. The second-order valence-electron chi connectivity index (χ2n) is 10.1. The van der Waals surface area contributed by atoms with Crippen LogP contribution in [0.1, 0.15) is 25.0 Å². The molecule has 0 radical (unpaired) electrons. The first kappa shape index (κ1) is 21.0. The molecule has 0 bridgehead atoms. The monoisotopic (exact) mass is 482 g/mol. The van der Waals surface area contributed by atoms with Crippen molar-refractivity contribution in [3.63, 3.8) is 0 Å². The predicted octanol–water partition coefficient (Wildman–Crippen LogP) is 5.83. The zero-order valence-electron chi connectivity index (χ0n) is 20.0. The summed E-state index contributed by atoms with van der Waals surface area (Å²) in [6.07, 6.45) is 0. The van der Waals surface area contributed by atoms with Crippen LogP contribution in [0.3, 0.4) is 0 Å². The molecular formula is C33H26SSi. The molecule has 0 fully saturated rings. The molecular weight excluding hydrogens is 457 g/mol. The van der Waals surface area contributed by atoms with E-state index in [1.165, 1.54) is 52.8 Å². The van der Waals surface area contributed by atoms with Gasteiger partial charge in [0.25, 0.3) is 0 Å². The molecule has 0 amide bonds. The van der Waals surface area contributed by atoms with Gasteiger partial charge in [-0.3, -0.25) is 0 Å². The van der Waals surface area contributed by atoms with E-state index in [-0.39, 0.29) is 5.41 Å². The number of fused-ring (bicyclic) bond motifs is 5. The number of benzene rings is 5. The van der Waals surface area contributed by atoms with E-state index in [4.69, 9.17) is 0 Å². The molecule has 1 heterocycles. The molecule has 0 nitrogen and oxygen atoms in total. The van der Waals surface area contributed by atoms with E-state index in [0.717, 1.165) is 0 Å². The first-order valence-electron chi connectivity index (χ1n) is 12.3. The van der Waals surface area contributed by atoms with E-state index in [1.807, 2.05) is 11.8 Å². The van der Waals surface area contributed by atoms with Gasteiger partial charge in [0.05, 0.1) is 0 Å². The zero-order valence-corrected chi connectivity index (χ0v) is 21.8. The van der Waals surface area contributed by atoms with Crippen LogP contribution in [0.4, 0.5) is 0 Å². The Kier molecular flexibility index (Phi) is 4.55. The molecule has 2 heteroatoms. The topological polar surface area (TPSA) is 0 Å². The molecule has 5 aromatic carbocycles. The van der Waals surface area contributed by atoms with Crippen molar-refractivity contribution in [2.45, 2.75) is 29.1 Å². The largest absolute Gasteiger partial charge is 0.181 e. The second-order valence-corrected chi connectivity index (χ2v) is 15.0. The van der Waals surface area contributed by atoms with Gasteiger partial charge in [-0.05, 0) is 55.1 Å². The Bertz CT molecular complexity index is 1550. The molecule has 0 aromatic heterocycles. The summed E-state index contributed by atoms with van der Waals surface area (Å²) in [5.41, 5.74) is 5.64. The quantitative estimate of drug-likeness (QED) is 0.280. The lowest BCUT2D eigenvalue weighted by Gasteiger charge is -2.40. The Labute approximate surface area is 212 Å². The van der Waals surface area contributed by atoms with Crippen LogP contribution in [-0.2, 0) is 5.41 Å². The third kappa shape index (κ3) is 2.81. The molecule has 168 valence electrons. The Balaban J connectivity index is 1.60. The summed E-state index contributed by atoms with van der Waals surface area (Å²) in [5, 5.41) is 5.93. The predicted molar refractivity (Wildman–Crippen MR) is 152 cm³/mol. The zero-order chi connectivity index (χ0) is 23.6. The lowest BCUT2D eigenvalue weighted by atomic mass is 9.82. The van der Waals surface area contributed by atoms with Gasteiger partial charge in [0.2, 0.25) is 0 Å². The highest BCUT2D eigenvalue weighted by atomic mass is 32.2. The van der Waals surface area contributed by atoms with Crippen LogP contribution in [0, 0.1) is 0 Å². The Hall–Kier alpha value is -3.33. The molecule has 0 spiro atoms. The minimum atomic E-state index is -2.51. The van der Waals surface area contributed by atoms with Crippen molar-refractivity contribution in [3.8, 4) is 11.1 Å². The smallest absolute Gasteiger partial charge is 0.0903 e. The maximum absolute atomic E-state index is 2.57. The lowest BCUT2D eigenvalue weighted by Crippen LogP contribution is -2.76. The number of rotatable bonds is 2. The highest BCUT2D eigenvalue weighted by Crippen LogP contribution is 2.48. The van der Waals surface area contributed by atoms with Gasteiger partial charge in [0.1, 0.15) is 0 Å². The number of hydrogen-bond donors (Lipinski definition) is 0. The summed E-state index contributed by atoms with van der Waals surface area (Å²) < 4.78 is 0. The van der Waals surface area contributed by atoms with Gasteiger partial charge in [-0.1, -0.05) is 135 Å². The Morgan fingerprint density at radius 3 is 1.80 bits per heavy atom. The molecule has 0 saturated carbocycles. The van der Waals surface area contributed by atoms with E-state index in [1.54, 1.807) is 0 Å². The van der Waals surface area contributed by atoms with Gasteiger partial charge < -0.3 is 0 Å². The standard InChI is InChI=1S/C33H26SSi/c1-33(2)27-15-7-6-14-25(27)26-21-20-24(22-28(26)33)35(23-12-4-3-5-13-23)31-18-10-8-16-29(31)34-30-17-9-11-19-32(30)35/h3-22H,1-2H3. The van der Waals surface area contributed by atoms with E-state index < -0.39 is 8.07 Å². The van der Waals surface area contributed by atoms with Gasteiger partial charge in [-0.25, -0.2) is 0 Å². The van der Waals surface area contributed by atoms with Crippen LogP contribution in [0.25, 0.3) is 11.1 Å². The molecule has 1 aliphatic carbocycles. The molecule has 2 aliphatic rings. The van der Waals surface area contributed by atoms with Gasteiger partial charge in [0.15, 0.2) is 8.07 Å². The minimum Gasteiger partial charge on any atom is -0.0903 e. The van der Waals surface area contributed by atoms with Gasteiger partial charge in [0, 0.05) is 15.2 Å². The third-order valence-corrected chi connectivity index (χ3v) is 14.4. The normalized spacial score (nSPS) is 16.1. The van der Waals surface area contributed by atoms with Crippen molar-refractivity contribution >= 4 is 40.6 Å². The van der Waals surface area contributed by atoms with E-state index >= 15 is 0 Å². The first-order chi connectivity index (χ1) is 17.1. The van der Waals surface area contributed by atoms with Crippen LogP contribution >= 0.6 is 11.8 Å². The van der Waals surface area contributed by atoms with Crippen molar-refractivity contribution < 1.29 is 0 Å². The molecule has 0 saturated heterocycles. The van der Waals surface area contributed by atoms with Crippen LogP contribution in [0.2, 0.25) is 0 Å². The van der Waals surface area contributed by atoms with Crippen molar-refractivity contribution in [3.05, 3.63) is 132 Å². The SMILES string of the molecule is CC1(C)c2ccccc2-c2ccc([Si]3(c4ccccc4)c4ccccc4Sc4ccccc43)cc21. The first-order valence-corrected chi connectivity index (χ1v) is 15.1. The fourth-order valence-electron chi connectivity index (χ4n) is 6.41. The molecule has 0 N–H and O–H groups in total. The summed E-state index contributed by atoms with van der Waals surface area (Å²) in [6, 6.07) is 45.9. The summed E-state index contributed by atoms with van der Waals surface area (Å²) in [7, 11) is -2.51. The van der Waals surface area contributed by atoms with Crippen LogP contribution < -0.4 is 20.7 Å². The van der Waals surface area contributed by atoms with Crippen LogP contribution in [-0.4, -0.2) is 8.07 Å². The third-order valence-electron chi connectivity index (χ3n) is 8.03. The molecule has 5 aromatic rings. The average Bonchev–Trinajstić information content (AvgIpc) is 3.14. The highest BCUT2D eigenvalue weighted by molar-refractivity contribution is 8.00. The van der Waals surface area contributed by atoms with Crippen molar-refractivity contribution in [1.29, 1.82) is 0 Å². The maximum atomic E-state index is 2.57. The molecule has 0 atom stereocenters. The van der Waals surface area contributed by atoms with Crippen molar-refractivity contribution in [1.82, 2.24) is 0 Å². The fourth-order valence-corrected chi connectivity index (χ4v) is 13.4. The van der Waals surface area contributed by atoms with E-state index in [9.17, 15) is 0 Å². The molecule has 0 unspecified atom stereocenters. The molecule has 1 aliphatic heterocycles. The highest BCUT2D eigenvalue weighted by Gasteiger charge is 2.48. The molecule has 7 rings (SSSR count). The average molecular weight is 483 g/mol. The van der Waals surface area contributed by atoms with E-state index in [2.05, 4.69) is 135 Å². The Morgan fingerprint density at radius 2 is 1.09 bits per heavy atom. The lowest BCUT2D eigenvalue weighted by molar-refractivity contribution is 0.661. The summed E-state index contributed by atoms with van der Waals surface area (Å²) in [6.45, 7) is 4.77. The van der Waals surface area contributed by atoms with Gasteiger partial charge in [-0.15, -0.1) is 0 Å². The number of hydrogen-bond acceptors (Lipinski definition) is 1. The van der Waals surface area contributed by atoms with Crippen molar-refractivity contribution in [2.24, 2.45) is 0 Å². The maximum Gasteiger partial charge on any atom is 0.181 e. The van der Waals surface area contributed by atoms with Crippen LogP contribution in [0.5, 0.6) is 0 Å². The van der Waals surface area contributed by atoms with Crippen LogP contribution in [0.15, 0.2) is 131 Å². The minimum absolute atomic E-state index is 0.0172.